The average Bonchev–Trinajstić information content (AvgIpc) is 2.92. The van der Waals surface area contributed by atoms with Crippen LogP contribution in [-0.4, -0.2) is 31.1 Å². The Balaban J connectivity index is 1.92. The molecule has 0 N–H and O–H groups in total. The summed E-state index contributed by atoms with van der Waals surface area (Å²) in [6.07, 6.45) is -0.540. The molecule has 0 saturated heterocycles. The van der Waals surface area contributed by atoms with Crippen LogP contribution < -0.4 is 9.47 Å². The number of benzene rings is 1. The van der Waals surface area contributed by atoms with E-state index in [-0.39, 0.29) is 5.91 Å². The molecule has 6 heteroatoms. The van der Waals surface area contributed by atoms with Crippen molar-refractivity contribution in [1.29, 1.82) is 0 Å². The fourth-order valence-corrected chi connectivity index (χ4v) is 3.50. The summed E-state index contributed by atoms with van der Waals surface area (Å²) >= 11 is 5.05. The van der Waals surface area contributed by atoms with Gasteiger partial charge < -0.3 is 14.4 Å². The van der Waals surface area contributed by atoms with E-state index < -0.39 is 6.10 Å². The van der Waals surface area contributed by atoms with Crippen molar-refractivity contribution in [2.75, 3.05) is 14.2 Å². The first-order valence-corrected chi connectivity index (χ1v) is 8.40. The van der Waals surface area contributed by atoms with Crippen molar-refractivity contribution in [2.45, 2.75) is 19.6 Å². The SMILES string of the molecule is COc1ccc(O[C@@H](C)C(=O)N(C)Cc2ccc(Br)s2)cc1. The van der Waals surface area contributed by atoms with E-state index in [2.05, 4.69) is 15.9 Å². The molecule has 1 amide bonds. The first-order valence-electron chi connectivity index (χ1n) is 6.79. The van der Waals surface area contributed by atoms with Gasteiger partial charge in [-0.25, -0.2) is 0 Å². The number of rotatable bonds is 6. The average molecular weight is 384 g/mol. The lowest BCUT2D eigenvalue weighted by Gasteiger charge is -2.21. The number of halogens is 1. The van der Waals surface area contributed by atoms with Gasteiger partial charge in [0.15, 0.2) is 6.10 Å². The Labute approximate surface area is 142 Å². The zero-order valence-corrected chi connectivity index (χ0v) is 15.1. The van der Waals surface area contributed by atoms with Crippen LogP contribution in [0.2, 0.25) is 0 Å². The predicted octanol–water partition coefficient (Wildman–Crippen LogP) is 3.95. The number of amides is 1. The van der Waals surface area contributed by atoms with Crippen molar-refractivity contribution >= 4 is 33.2 Å². The van der Waals surface area contributed by atoms with Crippen molar-refractivity contribution in [2.24, 2.45) is 0 Å². The molecule has 0 fully saturated rings. The molecule has 0 radical (unpaired) electrons. The zero-order chi connectivity index (χ0) is 16.1. The molecule has 1 aromatic carbocycles. The van der Waals surface area contributed by atoms with E-state index in [1.165, 1.54) is 0 Å². The van der Waals surface area contributed by atoms with Gasteiger partial charge in [0.05, 0.1) is 17.4 Å². The van der Waals surface area contributed by atoms with E-state index >= 15 is 0 Å². The second kappa shape index (κ2) is 7.65. The smallest absolute Gasteiger partial charge is 0.263 e. The van der Waals surface area contributed by atoms with Crippen LogP contribution in [0.15, 0.2) is 40.2 Å². The Hall–Kier alpha value is -1.53. The van der Waals surface area contributed by atoms with Crippen LogP contribution in [0.5, 0.6) is 11.5 Å². The summed E-state index contributed by atoms with van der Waals surface area (Å²) in [5, 5.41) is 0. The highest BCUT2D eigenvalue weighted by molar-refractivity contribution is 9.11. The molecule has 0 unspecified atom stereocenters. The van der Waals surface area contributed by atoms with Crippen molar-refractivity contribution < 1.29 is 14.3 Å². The number of thiophene rings is 1. The summed E-state index contributed by atoms with van der Waals surface area (Å²) in [5.41, 5.74) is 0. The highest BCUT2D eigenvalue weighted by Crippen LogP contribution is 2.23. The fraction of sp³-hybridized carbons (Fsp3) is 0.312. The van der Waals surface area contributed by atoms with Crippen LogP contribution in [0.4, 0.5) is 0 Å². The van der Waals surface area contributed by atoms with E-state index in [1.54, 1.807) is 61.6 Å². The summed E-state index contributed by atoms with van der Waals surface area (Å²) in [4.78, 5) is 15.1. The zero-order valence-electron chi connectivity index (χ0n) is 12.7. The van der Waals surface area contributed by atoms with Gasteiger partial charge in [-0.3, -0.25) is 4.79 Å². The van der Waals surface area contributed by atoms with E-state index in [1.807, 2.05) is 12.1 Å². The van der Waals surface area contributed by atoms with Gasteiger partial charge in [-0.05, 0) is 59.3 Å². The monoisotopic (exact) mass is 383 g/mol. The maximum absolute atomic E-state index is 12.4. The quantitative estimate of drug-likeness (QED) is 0.757. The first kappa shape index (κ1) is 16.8. The van der Waals surface area contributed by atoms with E-state index in [0.717, 1.165) is 14.4 Å². The third-order valence-electron chi connectivity index (χ3n) is 3.12. The van der Waals surface area contributed by atoms with Gasteiger partial charge in [0.1, 0.15) is 11.5 Å². The summed E-state index contributed by atoms with van der Waals surface area (Å²) in [6.45, 7) is 2.33. The third-order valence-corrected chi connectivity index (χ3v) is 4.73. The number of likely N-dealkylation sites (N-methyl/N-ethyl adjacent to an activating group) is 1. The number of ether oxygens (including phenoxy) is 2. The van der Waals surface area contributed by atoms with Gasteiger partial charge >= 0.3 is 0 Å². The Morgan fingerprint density at radius 2 is 1.86 bits per heavy atom. The maximum atomic E-state index is 12.4. The van der Waals surface area contributed by atoms with Crippen molar-refractivity contribution in [3.63, 3.8) is 0 Å². The number of methoxy groups -OCH3 is 1. The number of hydrogen-bond donors (Lipinski definition) is 0. The second-order valence-electron chi connectivity index (χ2n) is 4.84. The lowest BCUT2D eigenvalue weighted by molar-refractivity contribution is -0.137. The summed E-state index contributed by atoms with van der Waals surface area (Å²) in [6, 6.07) is 11.2. The standard InChI is InChI=1S/C16H18BrNO3S/c1-11(21-13-6-4-12(20-3)5-7-13)16(19)18(2)10-14-8-9-15(17)22-14/h4-9,11H,10H2,1-3H3/t11-/m0/s1. The second-order valence-corrected chi connectivity index (χ2v) is 7.38. The first-order chi connectivity index (χ1) is 10.5. The van der Waals surface area contributed by atoms with Gasteiger partial charge in [-0.1, -0.05) is 0 Å². The lowest BCUT2D eigenvalue weighted by atomic mass is 10.3. The van der Waals surface area contributed by atoms with Gasteiger partial charge in [0, 0.05) is 11.9 Å². The molecule has 2 aromatic rings. The highest BCUT2D eigenvalue weighted by atomic mass is 79.9. The number of carbonyl (C=O) groups is 1. The van der Waals surface area contributed by atoms with Crippen molar-refractivity contribution in [1.82, 2.24) is 4.90 Å². The molecule has 4 nitrogen and oxygen atoms in total. The van der Waals surface area contributed by atoms with E-state index in [0.29, 0.717) is 12.3 Å². The highest BCUT2D eigenvalue weighted by Gasteiger charge is 2.19. The summed E-state index contributed by atoms with van der Waals surface area (Å²) in [5.74, 6) is 1.35. The molecule has 1 aromatic heterocycles. The topological polar surface area (TPSA) is 38.8 Å². The Morgan fingerprint density at radius 1 is 1.23 bits per heavy atom. The summed E-state index contributed by atoms with van der Waals surface area (Å²) in [7, 11) is 3.39. The van der Waals surface area contributed by atoms with Crippen LogP contribution in [0.1, 0.15) is 11.8 Å². The van der Waals surface area contributed by atoms with Gasteiger partial charge in [0.2, 0.25) is 0 Å². The van der Waals surface area contributed by atoms with Crippen LogP contribution in [0.3, 0.4) is 0 Å². The molecule has 1 atom stereocenters. The molecule has 22 heavy (non-hydrogen) atoms. The Bertz CT molecular complexity index is 627. The molecule has 1 heterocycles. The molecule has 0 saturated carbocycles. The lowest BCUT2D eigenvalue weighted by Crippen LogP contribution is -2.37. The number of nitrogens with zero attached hydrogens (tertiary/aromatic N) is 1. The van der Waals surface area contributed by atoms with E-state index in [9.17, 15) is 4.79 Å². The minimum atomic E-state index is -0.540. The van der Waals surface area contributed by atoms with Gasteiger partial charge in [0.25, 0.3) is 5.91 Å². The molecule has 2 rings (SSSR count). The van der Waals surface area contributed by atoms with Gasteiger partial charge in [-0.15, -0.1) is 11.3 Å². The third kappa shape index (κ3) is 4.48. The van der Waals surface area contributed by atoms with Crippen LogP contribution >= 0.6 is 27.3 Å². The molecular weight excluding hydrogens is 366 g/mol. The Kier molecular flexibility index (Phi) is 5.85. The molecule has 0 aliphatic heterocycles. The molecule has 0 spiro atoms. The van der Waals surface area contributed by atoms with Crippen molar-refractivity contribution in [3.05, 3.63) is 45.1 Å². The van der Waals surface area contributed by atoms with Gasteiger partial charge in [-0.2, -0.15) is 0 Å². The molecular formula is C16H18BrNO3S. The Morgan fingerprint density at radius 3 is 2.41 bits per heavy atom. The van der Waals surface area contributed by atoms with Crippen LogP contribution in [0, 0.1) is 0 Å². The largest absolute Gasteiger partial charge is 0.497 e. The van der Waals surface area contributed by atoms with E-state index in [4.69, 9.17) is 9.47 Å². The predicted molar refractivity (Wildman–Crippen MR) is 91.6 cm³/mol. The molecule has 0 bridgehead atoms. The molecule has 0 aliphatic carbocycles. The number of carbonyl (C=O) groups excluding carboxylic acids is 1. The molecule has 118 valence electrons. The normalized spacial score (nSPS) is 11.8. The molecule has 0 aliphatic rings. The maximum Gasteiger partial charge on any atom is 0.263 e. The minimum absolute atomic E-state index is 0.0552. The van der Waals surface area contributed by atoms with Crippen LogP contribution in [-0.2, 0) is 11.3 Å². The summed E-state index contributed by atoms with van der Waals surface area (Å²) < 4.78 is 11.8. The minimum Gasteiger partial charge on any atom is -0.497 e. The van der Waals surface area contributed by atoms with Crippen molar-refractivity contribution in [3.8, 4) is 11.5 Å². The fourth-order valence-electron chi connectivity index (χ4n) is 1.97. The van der Waals surface area contributed by atoms with Crippen LogP contribution in [0.25, 0.3) is 0 Å². The number of hydrogen-bond acceptors (Lipinski definition) is 4.